The Kier molecular flexibility index (Phi) is 2.50. The molecule has 88 valence electrons. The molecule has 0 saturated heterocycles. The molecule has 2 nitrogen and oxygen atoms in total. The van der Waals surface area contributed by atoms with Crippen molar-refractivity contribution in [3.8, 4) is 5.75 Å². The molecule has 0 fully saturated rings. The van der Waals surface area contributed by atoms with Gasteiger partial charge >= 0.3 is 5.97 Å². The fraction of sp³-hybridized carbons (Fsp3) is 0.400. The van der Waals surface area contributed by atoms with Crippen LogP contribution >= 0.6 is 0 Å². The van der Waals surface area contributed by atoms with Gasteiger partial charge in [0.25, 0.3) is 0 Å². The summed E-state index contributed by atoms with van der Waals surface area (Å²) in [5, 5.41) is 0. The maximum absolute atomic E-state index is 10.9. The average Bonchev–Trinajstić information content (AvgIpc) is 2.48. The first-order valence-corrected chi connectivity index (χ1v) is 6.28. The van der Waals surface area contributed by atoms with E-state index in [0.29, 0.717) is 11.7 Å². The van der Waals surface area contributed by atoms with Crippen LogP contribution < -0.4 is 4.74 Å². The van der Waals surface area contributed by atoms with Gasteiger partial charge in [-0.1, -0.05) is 18.6 Å². The largest absolute Gasteiger partial charge is 0.427 e. The summed E-state index contributed by atoms with van der Waals surface area (Å²) in [6.45, 7) is 1.44. The number of carbonyl (C=O) groups excluding carboxylic acids is 1. The monoisotopic (exact) mass is 228 g/mol. The zero-order valence-electron chi connectivity index (χ0n) is 10.0. The van der Waals surface area contributed by atoms with Crippen molar-refractivity contribution in [3.05, 3.63) is 35.4 Å². The minimum Gasteiger partial charge on any atom is -0.427 e. The van der Waals surface area contributed by atoms with Crippen molar-refractivity contribution in [1.82, 2.24) is 0 Å². The van der Waals surface area contributed by atoms with Gasteiger partial charge in [0.05, 0.1) is 0 Å². The van der Waals surface area contributed by atoms with E-state index in [-0.39, 0.29) is 5.97 Å². The third kappa shape index (κ3) is 1.78. The molecule has 0 aliphatic heterocycles. The van der Waals surface area contributed by atoms with E-state index in [9.17, 15) is 4.79 Å². The van der Waals surface area contributed by atoms with E-state index >= 15 is 0 Å². The Labute approximate surface area is 101 Å². The number of hydrogen-bond donors (Lipinski definition) is 0. The van der Waals surface area contributed by atoms with Crippen LogP contribution in [0.4, 0.5) is 0 Å². The summed E-state index contributed by atoms with van der Waals surface area (Å²) in [6.07, 6.45) is 7.42. The summed E-state index contributed by atoms with van der Waals surface area (Å²) in [7, 11) is 0. The summed E-state index contributed by atoms with van der Waals surface area (Å²) >= 11 is 0. The second-order valence-corrected chi connectivity index (χ2v) is 4.84. The van der Waals surface area contributed by atoms with Gasteiger partial charge in [-0.3, -0.25) is 4.79 Å². The predicted molar refractivity (Wildman–Crippen MR) is 66.9 cm³/mol. The predicted octanol–water partition coefficient (Wildman–Crippen LogP) is 3.67. The van der Waals surface area contributed by atoms with Crippen molar-refractivity contribution >= 4 is 11.5 Å². The number of fused-ring (bicyclic) bond motifs is 4. The average molecular weight is 228 g/mol. The number of carbonyl (C=O) groups is 1. The van der Waals surface area contributed by atoms with Crippen LogP contribution in [-0.4, -0.2) is 5.97 Å². The molecule has 2 aliphatic rings. The Morgan fingerprint density at radius 1 is 1.35 bits per heavy atom. The first-order valence-electron chi connectivity index (χ1n) is 6.28. The van der Waals surface area contributed by atoms with E-state index in [4.69, 9.17) is 4.74 Å². The first kappa shape index (κ1) is 10.6. The highest BCUT2D eigenvalue weighted by Gasteiger charge is 2.32. The van der Waals surface area contributed by atoms with Crippen molar-refractivity contribution < 1.29 is 9.53 Å². The van der Waals surface area contributed by atoms with Gasteiger partial charge in [0.1, 0.15) is 5.75 Å². The van der Waals surface area contributed by atoms with E-state index in [1.165, 1.54) is 49.3 Å². The highest BCUT2D eigenvalue weighted by Crippen LogP contribution is 2.51. The highest BCUT2D eigenvalue weighted by molar-refractivity contribution is 5.85. The summed E-state index contributed by atoms with van der Waals surface area (Å²) in [5.74, 6) is 1.05. The Morgan fingerprint density at radius 2 is 2.24 bits per heavy atom. The van der Waals surface area contributed by atoms with Crippen molar-refractivity contribution in [3.63, 3.8) is 0 Å². The molecule has 0 spiro atoms. The fourth-order valence-electron chi connectivity index (χ4n) is 2.91. The van der Waals surface area contributed by atoms with E-state index in [1.54, 1.807) is 0 Å². The summed E-state index contributed by atoms with van der Waals surface area (Å²) < 4.78 is 5.13. The lowest BCUT2D eigenvalue weighted by Crippen LogP contribution is -2.15. The first-order chi connectivity index (χ1) is 8.25. The van der Waals surface area contributed by atoms with Crippen LogP contribution in [0.2, 0.25) is 0 Å². The second-order valence-electron chi connectivity index (χ2n) is 4.84. The molecule has 17 heavy (non-hydrogen) atoms. The molecule has 1 atom stereocenters. The van der Waals surface area contributed by atoms with E-state index in [0.717, 1.165) is 0 Å². The van der Waals surface area contributed by atoms with Crippen LogP contribution in [0.5, 0.6) is 5.75 Å². The minimum atomic E-state index is -0.254. The summed E-state index contributed by atoms with van der Waals surface area (Å²) in [5.41, 5.74) is 4.18. The van der Waals surface area contributed by atoms with Crippen molar-refractivity contribution in [2.24, 2.45) is 0 Å². The molecule has 0 N–H and O–H groups in total. The maximum Gasteiger partial charge on any atom is 0.308 e. The summed E-state index contributed by atoms with van der Waals surface area (Å²) in [4.78, 5) is 10.9. The molecule has 0 amide bonds. The molecule has 0 bridgehead atoms. The molecule has 1 aromatic carbocycles. The van der Waals surface area contributed by atoms with Gasteiger partial charge in [0, 0.05) is 12.8 Å². The lowest BCUT2D eigenvalue weighted by molar-refractivity contribution is -0.131. The molecule has 0 radical (unpaired) electrons. The van der Waals surface area contributed by atoms with Gasteiger partial charge in [-0.05, 0) is 48.1 Å². The number of allylic oxidation sites excluding steroid dienone is 2. The molecule has 0 aromatic heterocycles. The Bertz CT molecular complexity index is 500. The van der Waals surface area contributed by atoms with Gasteiger partial charge in [0.15, 0.2) is 0 Å². The van der Waals surface area contributed by atoms with Gasteiger partial charge < -0.3 is 4.74 Å². The molecular formula is C15H16O2. The van der Waals surface area contributed by atoms with Gasteiger partial charge in [0.2, 0.25) is 0 Å². The molecule has 3 rings (SSSR count). The normalized spacial score (nSPS) is 21.5. The number of rotatable bonds is 1. The van der Waals surface area contributed by atoms with Crippen LogP contribution in [0.3, 0.4) is 0 Å². The van der Waals surface area contributed by atoms with Crippen LogP contribution in [0, 0.1) is 0 Å². The molecule has 1 aromatic rings. The smallest absolute Gasteiger partial charge is 0.308 e. The third-order valence-electron chi connectivity index (χ3n) is 3.66. The molecule has 0 heterocycles. The topological polar surface area (TPSA) is 26.3 Å². The zero-order valence-corrected chi connectivity index (χ0v) is 10.0. The van der Waals surface area contributed by atoms with Crippen molar-refractivity contribution in [2.75, 3.05) is 0 Å². The maximum atomic E-state index is 10.9. The molecule has 0 unspecified atom stereocenters. The third-order valence-corrected chi connectivity index (χ3v) is 3.66. The molecule has 2 aliphatic carbocycles. The SMILES string of the molecule is CC(=O)Oc1ccc2c(c1)C1=CCCCC[C@@H]12. The van der Waals surface area contributed by atoms with Gasteiger partial charge in [-0.2, -0.15) is 0 Å². The lowest BCUT2D eigenvalue weighted by atomic mass is 9.71. The van der Waals surface area contributed by atoms with E-state index < -0.39 is 0 Å². The summed E-state index contributed by atoms with van der Waals surface area (Å²) in [6, 6.07) is 6.02. The van der Waals surface area contributed by atoms with Crippen molar-refractivity contribution in [2.45, 2.75) is 38.5 Å². The number of ether oxygens (including phenoxy) is 1. The van der Waals surface area contributed by atoms with Crippen LogP contribution in [0.15, 0.2) is 24.3 Å². The molecule has 0 saturated carbocycles. The standard InChI is InChI=1S/C15H16O2/c1-10(16)17-11-7-8-14-12-5-3-2-4-6-13(12)15(14)9-11/h6-9,12H,2-5H2,1H3/t12-/m0/s1. The van der Waals surface area contributed by atoms with Crippen LogP contribution in [0.1, 0.15) is 49.7 Å². The number of benzene rings is 1. The quantitative estimate of drug-likeness (QED) is 0.541. The van der Waals surface area contributed by atoms with E-state index in [1.807, 2.05) is 12.1 Å². The number of hydrogen-bond acceptors (Lipinski definition) is 2. The highest BCUT2D eigenvalue weighted by atomic mass is 16.5. The Morgan fingerprint density at radius 3 is 3.06 bits per heavy atom. The van der Waals surface area contributed by atoms with E-state index in [2.05, 4.69) is 12.1 Å². The van der Waals surface area contributed by atoms with Crippen LogP contribution in [0.25, 0.3) is 5.57 Å². The fourth-order valence-corrected chi connectivity index (χ4v) is 2.91. The number of esters is 1. The molecule has 2 heteroatoms. The van der Waals surface area contributed by atoms with Crippen molar-refractivity contribution in [1.29, 1.82) is 0 Å². The Hall–Kier alpha value is -1.57. The van der Waals surface area contributed by atoms with Gasteiger partial charge in [-0.15, -0.1) is 0 Å². The second kappa shape index (κ2) is 4.02. The zero-order chi connectivity index (χ0) is 11.8. The molecular weight excluding hydrogens is 212 g/mol. The minimum absolute atomic E-state index is 0.254. The van der Waals surface area contributed by atoms with Crippen LogP contribution in [-0.2, 0) is 4.79 Å². The Balaban J connectivity index is 1.94. The van der Waals surface area contributed by atoms with Gasteiger partial charge in [-0.25, -0.2) is 0 Å². The lowest BCUT2D eigenvalue weighted by Gasteiger charge is -2.33.